The standard InChI is InChI=1S/C10H16N4S/c1-14(2)6-5-12-8-3-4-13-9(7-8)10(11)15/h3-4,7H,5-6H2,1-2H3,(H2,11,15)(H,12,13). The number of aromatic nitrogens is 1. The van der Waals surface area contributed by atoms with Crippen molar-refractivity contribution in [1.29, 1.82) is 0 Å². The molecule has 4 nitrogen and oxygen atoms in total. The van der Waals surface area contributed by atoms with Gasteiger partial charge < -0.3 is 16.0 Å². The molecule has 0 aliphatic heterocycles. The van der Waals surface area contributed by atoms with E-state index in [1.807, 2.05) is 26.2 Å². The molecule has 0 bridgehead atoms. The van der Waals surface area contributed by atoms with E-state index in [0.29, 0.717) is 10.7 Å². The second-order valence-corrected chi connectivity index (χ2v) is 3.96. The molecule has 15 heavy (non-hydrogen) atoms. The summed E-state index contributed by atoms with van der Waals surface area (Å²) in [5.74, 6) is 0. The van der Waals surface area contributed by atoms with Gasteiger partial charge in [-0.05, 0) is 26.2 Å². The minimum atomic E-state index is 0.325. The first-order valence-corrected chi connectivity index (χ1v) is 5.15. The fraction of sp³-hybridized carbons (Fsp3) is 0.400. The highest BCUT2D eigenvalue weighted by Gasteiger charge is 1.99. The highest BCUT2D eigenvalue weighted by molar-refractivity contribution is 7.80. The third kappa shape index (κ3) is 4.22. The quantitative estimate of drug-likeness (QED) is 0.721. The molecule has 0 saturated heterocycles. The average Bonchev–Trinajstić information content (AvgIpc) is 2.17. The van der Waals surface area contributed by atoms with Crippen molar-refractivity contribution in [3.05, 3.63) is 24.0 Å². The van der Waals surface area contributed by atoms with Crippen LogP contribution in [0.1, 0.15) is 5.69 Å². The van der Waals surface area contributed by atoms with Gasteiger partial charge in [0.05, 0.1) is 5.69 Å². The van der Waals surface area contributed by atoms with Crippen molar-refractivity contribution in [2.45, 2.75) is 0 Å². The van der Waals surface area contributed by atoms with Crippen molar-refractivity contribution < 1.29 is 0 Å². The number of hydrogen-bond donors (Lipinski definition) is 2. The Labute approximate surface area is 95.5 Å². The Morgan fingerprint density at radius 2 is 2.33 bits per heavy atom. The van der Waals surface area contributed by atoms with Crippen LogP contribution in [0.2, 0.25) is 0 Å². The lowest BCUT2D eigenvalue weighted by molar-refractivity contribution is 0.425. The van der Waals surface area contributed by atoms with E-state index in [-0.39, 0.29) is 0 Å². The summed E-state index contributed by atoms with van der Waals surface area (Å²) >= 11 is 4.86. The van der Waals surface area contributed by atoms with Crippen LogP contribution in [-0.4, -0.2) is 42.1 Å². The van der Waals surface area contributed by atoms with E-state index in [2.05, 4.69) is 15.2 Å². The maximum absolute atomic E-state index is 5.49. The topological polar surface area (TPSA) is 54.2 Å². The minimum Gasteiger partial charge on any atom is -0.388 e. The molecule has 1 rings (SSSR count). The Kier molecular flexibility index (Phi) is 4.45. The molecular weight excluding hydrogens is 208 g/mol. The molecule has 0 fully saturated rings. The predicted molar refractivity (Wildman–Crippen MR) is 67.2 cm³/mol. The van der Waals surface area contributed by atoms with Gasteiger partial charge in [-0.2, -0.15) is 0 Å². The van der Waals surface area contributed by atoms with Crippen molar-refractivity contribution in [1.82, 2.24) is 9.88 Å². The van der Waals surface area contributed by atoms with Crippen LogP contribution in [0.25, 0.3) is 0 Å². The van der Waals surface area contributed by atoms with Crippen LogP contribution in [-0.2, 0) is 0 Å². The molecule has 0 atom stereocenters. The summed E-state index contributed by atoms with van der Waals surface area (Å²) in [4.78, 5) is 6.50. The van der Waals surface area contributed by atoms with Crippen LogP contribution < -0.4 is 11.1 Å². The Morgan fingerprint density at radius 1 is 1.60 bits per heavy atom. The van der Waals surface area contributed by atoms with Crippen molar-refractivity contribution in [3.8, 4) is 0 Å². The lowest BCUT2D eigenvalue weighted by atomic mass is 10.3. The maximum atomic E-state index is 5.49. The van der Waals surface area contributed by atoms with Gasteiger partial charge in [0.15, 0.2) is 0 Å². The van der Waals surface area contributed by atoms with Gasteiger partial charge in [0.1, 0.15) is 4.99 Å². The number of nitrogens with two attached hydrogens (primary N) is 1. The average molecular weight is 224 g/mol. The van der Waals surface area contributed by atoms with Crippen LogP contribution in [0.3, 0.4) is 0 Å². The fourth-order valence-corrected chi connectivity index (χ4v) is 1.21. The molecule has 0 saturated carbocycles. The fourth-order valence-electron chi connectivity index (χ4n) is 1.10. The van der Waals surface area contributed by atoms with Gasteiger partial charge in [-0.3, -0.25) is 4.98 Å². The molecule has 0 radical (unpaired) electrons. The number of anilines is 1. The van der Waals surface area contributed by atoms with E-state index in [4.69, 9.17) is 18.0 Å². The molecule has 0 aliphatic carbocycles. The van der Waals surface area contributed by atoms with Gasteiger partial charge in [-0.25, -0.2) is 0 Å². The first-order chi connectivity index (χ1) is 7.09. The Hall–Kier alpha value is -1.20. The third-order valence-electron chi connectivity index (χ3n) is 1.90. The van der Waals surface area contributed by atoms with Gasteiger partial charge >= 0.3 is 0 Å². The Bertz CT molecular complexity index is 338. The third-order valence-corrected chi connectivity index (χ3v) is 2.11. The summed E-state index contributed by atoms with van der Waals surface area (Å²) in [5, 5.41) is 3.27. The summed E-state index contributed by atoms with van der Waals surface area (Å²) in [6.07, 6.45) is 1.70. The van der Waals surface area contributed by atoms with Gasteiger partial charge in [-0.1, -0.05) is 12.2 Å². The summed E-state index contributed by atoms with van der Waals surface area (Å²) in [6, 6.07) is 3.76. The van der Waals surface area contributed by atoms with Crippen molar-refractivity contribution >= 4 is 22.9 Å². The van der Waals surface area contributed by atoms with Gasteiger partial charge in [0.2, 0.25) is 0 Å². The molecule has 0 aromatic carbocycles. The molecule has 0 spiro atoms. The molecule has 1 heterocycles. The van der Waals surface area contributed by atoms with E-state index < -0.39 is 0 Å². The first kappa shape index (κ1) is 11.9. The Morgan fingerprint density at radius 3 is 2.93 bits per heavy atom. The van der Waals surface area contributed by atoms with Crippen molar-refractivity contribution in [3.63, 3.8) is 0 Å². The molecule has 82 valence electrons. The Balaban J connectivity index is 2.54. The van der Waals surface area contributed by atoms with Crippen LogP contribution >= 0.6 is 12.2 Å². The maximum Gasteiger partial charge on any atom is 0.122 e. The van der Waals surface area contributed by atoms with Crippen molar-refractivity contribution in [2.75, 3.05) is 32.5 Å². The predicted octanol–water partition coefficient (Wildman–Crippen LogP) is 0.689. The number of pyridine rings is 1. The lowest BCUT2D eigenvalue weighted by Crippen LogP contribution is -2.21. The molecule has 0 unspecified atom stereocenters. The second kappa shape index (κ2) is 5.63. The van der Waals surface area contributed by atoms with E-state index in [0.717, 1.165) is 18.8 Å². The zero-order valence-electron chi connectivity index (χ0n) is 9.03. The van der Waals surface area contributed by atoms with Gasteiger partial charge in [0.25, 0.3) is 0 Å². The number of rotatable bonds is 5. The SMILES string of the molecule is CN(C)CCNc1ccnc(C(N)=S)c1. The number of hydrogen-bond acceptors (Lipinski definition) is 4. The highest BCUT2D eigenvalue weighted by Crippen LogP contribution is 2.07. The van der Waals surface area contributed by atoms with Crippen LogP contribution in [0.5, 0.6) is 0 Å². The largest absolute Gasteiger partial charge is 0.388 e. The molecule has 5 heteroatoms. The summed E-state index contributed by atoms with van der Waals surface area (Å²) in [6.45, 7) is 1.86. The highest BCUT2D eigenvalue weighted by atomic mass is 32.1. The van der Waals surface area contributed by atoms with E-state index >= 15 is 0 Å². The molecule has 0 aliphatic rings. The minimum absolute atomic E-state index is 0.325. The van der Waals surface area contributed by atoms with E-state index in [1.165, 1.54) is 0 Å². The monoisotopic (exact) mass is 224 g/mol. The first-order valence-electron chi connectivity index (χ1n) is 4.74. The van der Waals surface area contributed by atoms with E-state index in [9.17, 15) is 0 Å². The van der Waals surface area contributed by atoms with E-state index in [1.54, 1.807) is 6.20 Å². The second-order valence-electron chi connectivity index (χ2n) is 3.52. The van der Waals surface area contributed by atoms with Crippen LogP contribution in [0.15, 0.2) is 18.3 Å². The smallest absolute Gasteiger partial charge is 0.122 e. The normalized spacial score (nSPS) is 10.3. The number of nitrogens with one attached hydrogen (secondary N) is 1. The van der Waals surface area contributed by atoms with Gasteiger partial charge in [-0.15, -0.1) is 0 Å². The number of thiocarbonyl (C=S) groups is 1. The molecular formula is C10H16N4S. The zero-order valence-corrected chi connectivity index (χ0v) is 9.84. The molecule has 3 N–H and O–H groups in total. The van der Waals surface area contributed by atoms with Crippen molar-refractivity contribution in [2.24, 2.45) is 5.73 Å². The molecule has 1 aromatic heterocycles. The van der Waals surface area contributed by atoms with Gasteiger partial charge in [0, 0.05) is 25.0 Å². The number of likely N-dealkylation sites (N-methyl/N-ethyl adjacent to an activating group) is 1. The van der Waals surface area contributed by atoms with Crippen LogP contribution in [0, 0.1) is 0 Å². The lowest BCUT2D eigenvalue weighted by Gasteiger charge is -2.11. The van der Waals surface area contributed by atoms with Crippen LogP contribution in [0.4, 0.5) is 5.69 Å². The zero-order chi connectivity index (χ0) is 11.3. The summed E-state index contributed by atoms with van der Waals surface area (Å²) in [7, 11) is 4.07. The summed E-state index contributed by atoms with van der Waals surface area (Å²) in [5.41, 5.74) is 7.14. The molecule has 1 aromatic rings. The number of nitrogens with zero attached hydrogens (tertiary/aromatic N) is 2. The summed E-state index contributed by atoms with van der Waals surface area (Å²) < 4.78 is 0. The molecule has 0 amide bonds.